The molecular weight excluding hydrogens is 270 g/mol. The van der Waals surface area contributed by atoms with Crippen molar-refractivity contribution in [1.29, 1.82) is 0 Å². The van der Waals surface area contributed by atoms with Gasteiger partial charge in [0.1, 0.15) is 0 Å². The minimum atomic E-state index is 0.0519. The van der Waals surface area contributed by atoms with Crippen LogP contribution in [0.15, 0.2) is 0 Å². The molecule has 3 fully saturated rings. The van der Waals surface area contributed by atoms with E-state index in [0.717, 1.165) is 45.2 Å². The van der Waals surface area contributed by atoms with E-state index in [9.17, 15) is 14.4 Å². The fraction of sp³-hybridized carbons (Fsp3) is 0.800. The third-order valence-electron chi connectivity index (χ3n) is 4.86. The number of piperazine rings is 1. The van der Waals surface area contributed by atoms with Crippen molar-refractivity contribution in [2.45, 2.75) is 25.7 Å². The predicted octanol–water partition coefficient (Wildman–Crippen LogP) is -0.0644. The minimum Gasteiger partial charge on any atom is -0.342 e. The smallest absolute Gasteiger partial charge is 0.225 e. The number of carbonyl (C=O) groups excluding carboxylic acids is 3. The average molecular weight is 293 g/mol. The van der Waals surface area contributed by atoms with Crippen LogP contribution in [0, 0.1) is 11.8 Å². The van der Waals surface area contributed by atoms with E-state index < -0.39 is 0 Å². The Balaban J connectivity index is 1.46. The molecule has 1 aliphatic carbocycles. The Morgan fingerprint density at radius 3 is 1.67 bits per heavy atom. The van der Waals surface area contributed by atoms with Gasteiger partial charge in [-0.25, -0.2) is 0 Å². The molecule has 0 unspecified atom stereocenters. The largest absolute Gasteiger partial charge is 0.342 e. The molecule has 3 aliphatic rings. The van der Waals surface area contributed by atoms with Crippen LogP contribution in [0.3, 0.4) is 0 Å². The van der Waals surface area contributed by atoms with Crippen LogP contribution in [0.25, 0.3) is 0 Å². The predicted molar refractivity (Wildman–Crippen MR) is 76.2 cm³/mol. The van der Waals surface area contributed by atoms with E-state index in [-0.39, 0.29) is 17.7 Å². The number of likely N-dealkylation sites (tertiary alicyclic amines) is 1. The van der Waals surface area contributed by atoms with Crippen LogP contribution in [0.5, 0.6) is 0 Å². The molecular formula is C15H23N3O3. The molecule has 0 N–H and O–H groups in total. The molecule has 2 heterocycles. The first kappa shape index (κ1) is 14.4. The van der Waals surface area contributed by atoms with E-state index in [2.05, 4.69) is 0 Å². The van der Waals surface area contributed by atoms with E-state index in [1.807, 2.05) is 9.80 Å². The molecule has 0 radical (unpaired) electrons. The molecule has 3 amide bonds. The first-order valence-corrected chi connectivity index (χ1v) is 7.96. The van der Waals surface area contributed by atoms with Gasteiger partial charge in [-0.2, -0.15) is 0 Å². The van der Waals surface area contributed by atoms with E-state index in [4.69, 9.17) is 0 Å². The van der Waals surface area contributed by atoms with Gasteiger partial charge in [0.05, 0.1) is 0 Å². The highest BCUT2D eigenvalue weighted by Gasteiger charge is 2.37. The van der Waals surface area contributed by atoms with Crippen LogP contribution in [0.4, 0.5) is 0 Å². The maximum atomic E-state index is 12.5. The molecule has 0 spiro atoms. The molecule has 0 aromatic heterocycles. The normalized spacial score (nSPS) is 24.1. The van der Waals surface area contributed by atoms with Crippen molar-refractivity contribution in [3.8, 4) is 0 Å². The van der Waals surface area contributed by atoms with Gasteiger partial charge in [-0.3, -0.25) is 14.4 Å². The van der Waals surface area contributed by atoms with Crippen molar-refractivity contribution < 1.29 is 14.4 Å². The Kier molecular flexibility index (Phi) is 4.12. The summed E-state index contributed by atoms with van der Waals surface area (Å²) < 4.78 is 0. The molecule has 0 atom stereocenters. The van der Waals surface area contributed by atoms with Crippen LogP contribution < -0.4 is 0 Å². The Morgan fingerprint density at radius 2 is 1.19 bits per heavy atom. The second-order valence-electron chi connectivity index (χ2n) is 6.34. The molecule has 21 heavy (non-hydrogen) atoms. The zero-order valence-corrected chi connectivity index (χ0v) is 12.4. The quantitative estimate of drug-likeness (QED) is 0.685. The number of amides is 3. The fourth-order valence-electron chi connectivity index (χ4n) is 3.24. The van der Waals surface area contributed by atoms with Gasteiger partial charge < -0.3 is 14.7 Å². The molecule has 0 aromatic carbocycles. The molecule has 6 heteroatoms. The SMILES string of the molecule is O=CN1CCN(C(=O)C2CCN(C(=O)C3CC3)CC2)CC1. The molecule has 0 aromatic rings. The highest BCUT2D eigenvalue weighted by Crippen LogP contribution is 2.32. The van der Waals surface area contributed by atoms with Gasteiger partial charge in [0.25, 0.3) is 0 Å². The van der Waals surface area contributed by atoms with Crippen molar-refractivity contribution in [3.63, 3.8) is 0 Å². The number of rotatable bonds is 3. The van der Waals surface area contributed by atoms with Gasteiger partial charge in [0.2, 0.25) is 18.2 Å². The maximum Gasteiger partial charge on any atom is 0.225 e. The summed E-state index contributed by atoms with van der Waals surface area (Å²) in [5.74, 6) is 0.823. The van der Waals surface area contributed by atoms with Crippen LogP contribution in [0.2, 0.25) is 0 Å². The van der Waals surface area contributed by atoms with Crippen LogP contribution in [-0.4, -0.2) is 72.2 Å². The van der Waals surface area contributed by atoms with Gasteiger partial charge in [-0.15, -0.1) is 0 Å². The first-order chi connectivity index (χ1) is 10.2. The highest BCUT2D eigenvalue weighted by molar-refractivity contribution is 5.82. The minimum absolute atomic E-state index is 0.0519. The summed E-state index contributed by atoms with van der Waals surface area (Å²) in [7, 11) is 0. The lowest BCUT2D eigenvalue weighted by molar-refractivity contribution is -0.143. The third-order valence-corrected chi connectivity index (χ3v) is 4.86. The van der Waals surface area contributed by atoms with Crippen LogP contribution >= 0.6 is 0 Å². The van der Waals surface area contributed by atoms with Gasteiger partial charge in [-0.05, 0) is 25.7 Å². The summed E-state index contributed by atoms with van der Waals surface area (Å²) in [5.41, 5.74) is 0. The van der Waals surface area contributed by atoms with Crippen molar-refractivity contribution in [1.82, 2.24) is 14.7 Å². The van der Waals surface area contributed by atoms with Gasteiger partial charge >= 0.3 is 0 Å². The van der Waals surface area contributed by atoms with Crippen LogP contribution in [0.1, 0.15) is 25.7 Å². The fourth-order valence-corrected chi connectivity index (χ4v) is 3.24. The van der Waals surface area contributed by atoms with Crippen molar-refractivity contribution in [2.75, 3.05) is 39.3 Å². The topological polar surface area (TPSA) is 60.9 Å². The zero-order chi connectivity index (χ0) is 14.8. The number of hydrogen-bond acceptors (Lipinski definition) is 3. The van der Waals surface area contributed by atoms with E-state index >= 15 is 0 Å². The van der Waals surface area contributed by atoms with Crippen molar-refractivity contribution in [2.24, 2.45) is 11.8 Å². The molecule has 2 saturated heterocycles. The lowest BCUT2D eigenvalue weighted by Gasteiger charge is -2.37. The Morgan fingerprint density at radius 1 is 0.714 bits per heavy atom. The third kappa shape index (κ3) is 3.19. The standard InChI is InChI=1S/C15H23N3O3/c19-11-16-7-9-18(10-8-16)15(21)13-3-5-17(6-4-13)14(20)12-1-2-12/h11-13H,1-10H2. The molecule has 6 nitrogen and oxygen atoms in total. The Bertz CT molecular complexity index is 420. The summed E-state index contributed by atoms with van der Waals surface area (Å²) >= 11 is 0. The lowest BCUT2D eigenvalue weighted by Crippen LogP contribution is -2.51. The second-order valence-corrected chi connectivity index (χ2v) is 6.34. The number of piperidine rings is 1. The first-order valence-electron chi connectivity index (χ1n) is 7.96. The zero-order valence-electron chi connectivity index (χ0n) is 12.4. The Hall–Kier alpha value is -1.59. The number of hydrogen-bond donors (Lipinski definition) is 0. The van der Waals surface area contributed by atoms with E-state index in [1.165, 1.54) is 0 Å². The summed E-state index contributed by atoms with van der Waals surface area (Å²) in [6.07, 6.45) is 4.50. The van der Waals surface area contributed by atoms with E-state index in [1.54, 1.807) is 4.90 Å². The van der Waals surface area contributed by atoms with Gasteiger partial charge in [0, 0.05) is 51.1 Å². The molecule has 0 bridgehead atoms. The molecule has 1 saturated carbocycles. The summed E-state index contributed by atoms with van der Waals surface area (Å²) in [6.45, 7) is 3.99. The Labute approximate surface area is 125 Å². The van der Waals surface area contributed by atoms with Crippen molar-refractivity contribution >= 4 is 18.2 Å². The molecule has 116 valence electrons. The van der Waals surface area contributed by atoms with Crippen LogP contribution in [-0.2, 0) is 14.4 Å². The monoisotopic (exact) mass is 293 g/mol. The average Bonchev–Trinajstić information content (AvgIpc) is 3.39. The van der Waals surface area contributed by atoms with Gasteiger partial charge in [-0.1, -0.05) is 0 Å². The second kappa shape index (κ2) is 6.03. The highest BCUT2D eigenvalue weighted by atomic mass is 16.2. The maximum absolute atomic E-state index is 12.5. The van der Waals surface area contributed by atoms with E-state index in [0.29, 0.717) is 32.1 Å². The number of carbonyl (C=O) groups is 3. The summed E-state index contributed by atoms with van der Waals surface area (Å²) in [4.78, 5) is 40.7. The molecule has 3 rings (SSSR count). The summed E-state index contributed by atoms with van der Waals surface area (Å²) in [5, 5.41) is 0. The van der Waals surface area contributed by atoms with Crippen molar-refractivity contribution in [3.05, 3.63) is 0 Å². The number of nitrogens with zero attached hydrogens (tertiary/aromatic N) is 3. The van der Waals surface area contributed by atoms with Gasteiger partial charge in [0.15, 0.2) is 0 Å². The lowest BCUT2D eigenvalue weighted by atomic mass is 9.94. The molecule has 2 aliphatic heterocycles. The summed E-state index contributed by atoms with van der Waals surface area (Å²) in [6, 6.07) is 0.